The first-order chi connectivity index (χ1) is 11.7. The predicted molar refractivity (Wildman–Crippen MR) is 84.5 cm³/mol. The fourth-order valence-electron chi connectivity index (χ4n) is 2.55. The van der Waals surface area contributed by atoms with Crippen LogP contribution in [0.1, 0.15) is 5.56 Å². The molecular formula is C18H17F2NO3. The number of hydrogen-bond donors (Lipinski definition) is 0. The van der Waals surface area contributed by atoms with Gasteiger partial charge in [0.15, 0.2) is 6.10 Å². The fourth-order valence-corrected chi connectivity index (χ4v) is 2.55. The van der Waals surface area contributed by atoms with Crippen molar-refractivity contribution in [1.29, 1.82) is 0 Å². The molecular weight excluding hydrogens is 316 g/mol. The number of para-hydroxylation sites is 1. The van der Waals surface area contributed by atoms with Gasteiger partial charge in [0, 0.05) is 5.56 Å². The molecule has 1 fully saturated rings. The van der Waals surface area contributed by atoms with Gasteiger partial charge in [0.2, 0.25) is 0 Å². The molecule has 2 aromatic carbocycles. The molecule has 0 radical (unpaired) electrons. The van der Waals surface area contributed by atoms with Gasteiger partial charge in [-0.25, -0.2) is 8.78 Å². The maximum atomic E-state index is 14.2. The Morgan fingerprint density at radius 3 is 2.42 bits per heavy atom. The van der Waals surface area contributed by atoms with Gasteiger partial charge in [0.05, 0.1) is 32.1 Å². The molecule has 4 nitrogen and oxygen atoms in total. The summed E-state index contributed by atoms with van der Waals surface area (Å²) < 4.78 is 38.9. The van der Waals surface area contributed by atoms with E-state index in [4.69, 9.17) is 9.47 Å². The van der Waals surface area contributed by atoms with Crippen molar-refractivity contribution in [1.82, 2.24) is 0 Å². The van der Waals surface area contributed by atoms with Gasteiger partial charge < -0.3 is 14.4 Å². The molecule has 1 amide bonds. The van der Waals surface area contributed by atoms with Gasteiger partial charge in [-0.15, -0.1) is 0 Å². The molecule has 1 aliphatic rings. The topological polar surface area (TPSA) is 38.8 Å². The monoisotopic (exact) mass is 333 g/mol. The summed E-state index contributed by atoms with van der Waals surface area (Å²) in [7, 11) is 0. The Hall–Kier alpha value is -2.31. The van der Waals surface area contributed by atoms with Crippen LogP contribution in [0.5, 0.6) is 0 Å². The van der Waals surface area contributed by atoms with Gasteiger partial charge in [0.25, 0.3) is 5.91 Å². The van der Waals surface area contributed by atoms with Crippen LogP contribution in [0, 0.1) is 11.6 Å². The molecule has 0 bridgehead atoms. The van der Waals surface area contributed by atoms with E-state index in [0.29, 0.717) is 18.8 Å². The van der Waals surface area contributed by atoms with E-state index < -0.39 is 23.6 Å². The minimum Gasteiger partial charge on any atom is -0.376 e. The van der Waals surface area contributed by atoms with E-state index in [-0.39, 0.29) is 18.8 Å². The Morgan fingerprint density at radius 1 is 1.04 bits per heavy atom. The van der Waals surface area contributed by atoms with Crippen LogP contribution in [0.25, 0.3) is 0 Å². The lowest BCUT2D eigenvalue weighted by Gasteiger charge is -2.30. The average Bonchev–Trinajstić information content (AvgIpc) is 2.62. The minimum absolute atomic E-state index is 0.0833. The molecule has 6 heteroatoms. The number of benzene rings is 2. The van der Waals surface area contributed by atoms with Crippen LogP contribution < -0.4 is 4.90 Å². The predicted octanol–water partition coefficient (Wildman–Crippen LogP) is 2.91. The molecule has 0 saturated carbocycles. The van der Waals surface area contributed by atoms with Gasteiger partial charge in [-0.1, -0.05) is 30.3 Å². The molecule has 1 atom stereocenters. The molecule has 126 valence electrons. The number of carbonyl (C=O) groups is 1. The van der Waals surface area contributed by atoms with E-state index in [1.54, 1.807) is 24.3 Å². The van der Waals surface area contributed by atoms with Crippen molar-refractivity contribution >= 4 is 11.6 Å². The smallest absolute Gasteiger partial charge is 0.258 e. The number of amides is 1. The van der Waals surface area contributed by atoms with Crippen LogP contribution in [-0.4, -0.2) is 31.8 Å². The third-order valence-corrected chi connectivity index (χ3v) is 3.79. The van der Waals surface area contributed by atoms with Crippen LogP contribution in [0.4, 0.5) is 14.5 Å². The molecule has 3 rings (SSSR count). The Morgan fingerprint density at radius 2 is 1.75 bits per heavy atom. The maximum Gasteiger partial charge on any atom is 0.258 e. The molecule has 24 heavy (non-hydrogen) atoms. The number of halogens is 2. The molecule has 0 aliphatic carbocycles. The second kappa shape index (κ2) is 7.51. The van der Waals surface area contributed by atoms with E-state index in [1.807, 2.05) is 0 Å². The lowest BCUT2D eigenvalue weighted by molar-refractivity contribution is -0.145. The van der Waals surface area contributed by atoms with Crippen molar-refractivity contribution in [2.45, 2.75) is 12.6 Å². The first-order valence-electron chi connectivity index (χ1n) is 7.65. The van der Waals surface area contributed by atoms with Crippen molar-refractivity contribution in [2.75, 3.05) is 24.7 Å². The van der Waals surface area contributed by atoms with E-state index in [1.165, 1.54) is 29.2 Å². The highest BCUT2D eigenvalue weighted by molar-refractivity contribution is 5.96. The fraction of sp³-hybridized carbons (Fsp3) is 0.278. The van der Waals surface area contributed by atoms with Crippen molar-refractivity contribution in [3.8, 4) is 0 Å². The van der Waals surface area contributed by atoms with Crippen LogP contribution in [0.3, 0.4) is 0 Å². The van der Waals surface area contributed by atoms with Gasteiger partial charge >= 0.3 is 0 Å². The maximum absolute atomic E-state index is 14.2. The molecule has 1 saturated heterocycles. The van der Waals surface area contributed by atoms with E-state index in [9.17, 15) is 13.6 Å². The van der Waals surface area contributed by atoms with Crippen LogP contribution >= 0.6 is 0 Å². The Balaban J connectivity index is 1.93. The number of rotatable bonds is 4. The largest absolute Gasteiger partial charge is 0.376 e. The second-order valence-electron chi connectivity index (χ2n) is 5.40. The lowest BCUT2D eigenvalue weighted by Crippen LogP contribution is -2.45. The Labute approximate surface area is 138 Å². The zero-order valence-electron chi connectivity index (χ0n) is 13.0. The van der Waals surface area contributed by atoms with Crippen molar-refractivity contribution < 1.29 is 23.0 Å². The summed E-state index contributed by atoms with van der Waals surface area (Å²) in [5.41, 5.74) is 0.380. The highest BCUT2D eigenvalue weighted by Crippen LogP contribution is 2.24. The number of anilines is 1. The normalized spacial score (nSPS) is 17.5. The number of nitrogens with zero attached hydrogens (tertiary/aromatic N) is 1. The summed E-state index contributed by atoms with van der Waals surface area (Å²) in [6.07, 6.45) is -0.829. The van der Waals surface area contributed by atoms with Crippen LogP contribution in [0.2, 0.25) is 0 Å². The summed E-state index contributed by atoms with van der Waals surface area (Å²) in [6, 6.07) is 12.0. The summed E-state index contributed by atoms with van der Waals surface area (Å²) in [4.78, 5) is 14.0. The van der Waals surface area contributed by atoms with Gasteiger partial charge in [-0.05, 0) is 18.2 Å². The van der Waals surface area contributed by atoms with E-state index in [2.05, 4.69) is 0 Å². The second-order valence-corrected chi connectivity index (χ2v) is 5.40. The Kier molecular flexibility index (Phi) is 5.17. The zero-order valence-corrected chi connectivity index (χ0v) is 13.0. The first kappa shape index (κ1) is 16.5. The van der Waals surface area contributed by atoms with Gasteiger partial charge in [0.1, 0.15) is 11.6 Å². The summed E-state index contributed by atoms with van der Waals surface area (Å²) >= 11 is 0. The molecule has 0 unspecified atom stereocenters. The van der Waals surface area contributed by atoms with E-state index in [0.717, 1.165) is 0 Å². The Bertz CT molecular complexity index is 717. The molecule has 0 spiro atoms. The first-order valence-corrected chi connectivity index (χ1v) is 7.65. The highest BCUT2D eigenvalue weighted by atomic mass is 19.1. The molecule has 1 aliphatic heterocycles. The molecule has 1 heterocycles. The SMILES string of the molecule is O=C([C@H]1COCCO1)N(Cc1ccccc1F)c1ccccc1F. The van der Waals surface area contributed by atoms with Gasteiger partial charge in [-0.3, -0.25) is 4.79 Å². The average molecular weight is 333 g/mol. The highest BCUT2D eigenvalue weighted by Gasteiger charge is 2.30. The summed E-state index contributed by atoms with van der Waals surface area (Å²) in [5.74, 6) is -1.46. The summed E-state index contributed by atoms with van der Waals surface area (Å²) in [5, 5.41) is 0. The molecule has 2 aromatic rings. The third kappa shape index (κ3) is 3.60. The summed E-state index contributed by atoms with van der Waals surface area (Å²) in [6.45, 7) is 0.714. The number of hydrogen-bond acceptors (Lipinski definition) is 3. The zero-order chi connectivity index (χ0) is 16.9. The van der Waals surface area contributed by atoms with Crippen molar-refractivity contribution in [2.24, 2.45) is 0 Å². The quantitative estimate of drug-likeness (QED) is 0.864. The standard InChI is InChI=1S/C18H17F2NO3/c19-14-6-2-1-5-13(14)11-21(16-8-4-3-7-15(16)20)18(22)17-12-23-9-10-24-17/h1-8,17H,9-12H2/t17-/m1/s1. The van der Waals surface area contributed by atoms with Crippen LogP contribution in [0.15, 0.2) is 48.5 Å². The van der Waals surface area contributed by atoms with Crippen molar-refractivity contribution in [3.05, 3.63) is 65.7 Å². The lowest BCUT2D eigenvalue weighted by atomic mass is 10.1. The number of carbonyl (C=O) groups excluding carboxylic acids is 1. The number of ether oxygens (including phenoxy) is 2. The van der Waals surface area contributed by atoms with Crippen molar-refractivity contribution in [3.63, 3.8) is 0 Å². The van der Waals surface area contributed by atoms with E-state index >= 15 is 0 Å². The molecule has 0 N–H and O–H groups in total. The van der Waals surface area contributed by atoms with Gasteiger partial charge in [-0.2, -0.15) is 0 Å². The minimum atomic E-state index is -0.829. The van der Waals surface area contributed by atoms with Crippen LogP contribution in [-0.2, 0) is 20.8 Å². The molecule has 0 aromatic heterocycles. The third-order valence-electron chi connectivity index (χ3n) is 3.79.